The summed E-state index contributed by atoms with van der Waals surface area (Å²) in [5, 5.41) is 10.8. The normalized spacial score (nSPS) is 11.7. The van der Waals surface area contributed by atoms with E-state index in [4.69, 9.17) is 9.47 Å². The monoisotopic (exact) mass is 470 g/mol. The summed E-state index contributed by atoms with van der Waals surface area (Å²) >= 11 is 0. The van der Waals surface area contributed by atoms with Crippen LogP contribution in [0.25, 0.3) is 12.2 Å². The number of rotatable bonds is 8. The fourth-order valence-electron chi connectivity index (χ4n) is 2.91. The molecule has 0 atom stereocenters. The molecule has 0 aliphatic carbocycles. The first-order chi connectivity index (χ1) is 15.4. The molecule has 0 bridgehead atoms. The zero-order chi connectivity index (χ0) is 24.8. The van der Waals surface area contributed by atoms with Crippen LogP contribution in [-0.4, -0.2) is 31.2 Å². The smallest absolute Gasteiger partial charge is 0.416 e. The van der Waals surface area contributed by atoms with Gasteiger partial charge in [-0.1, -0.05) is 35.9 Å². The maximum Gasteiger partial charge on any atom is 0.416 e. The van der Waals surface area contributed by atoms with Crippen molar-refractivity contribution < 1.29 is 41.3 Å². The summed E-state index contributed by atoms with van der Waals surface area (Å²) in [6.45, 7) is 2.68. The van der Waals surface area contributed by atoms with Gasteiger partial charge in [0.15, 0.2) is 0 Å². The van der Waals surface area contributed by atoms with Crippen LogP contribution in [0.1, 0.15) is 46.5 Å². The topological polar surface area (TPSA) is 55.8 Å². The Morgan fingerprint density at radius 2 is 1.76 bits per heavy atom. The Morgan fingerprint density at radius 1 is 1.12 bits per heavy atom. The number of hydrogen-bond donors (Lipinski definition) is 1. The molecule has 1 N–H and O–H groups in total. The van der Waals surface area contributed by atoms with Gasteiger partial charge in [-0.3, -0.25) is 0 Å². The molecule has 0 aliphatic heterocycles. The van der Waals surface area contributed by atoms with Crippen molar-refractivity contribution in [3.63, 3.8) is 0 Å². The maximum atomic E-state index is 12.8. The van der Waals surface area contributed by atoms with E-state index in [0.717, 1.165) is 24.8 Å². The quantitative estimate of drug-likeness (QED) is 0.207. The molecule has 0 radical (unpaired) electrons. The average molecular weight is 470 g/mol. The Kier molecular flexibility index (Phi) is 8.62. The van der Waals surface area contributed by atoms with Crippen molar-refractivity contribution in [2.75, 3.05) is 13.7 Å². The summed E-state index contributed by atoms with van der Waals surface area (Å²) in [6, 6.07) is 5.57. The number of allylic oxidation sites excluding steroid dienone is 2. The van der Waals surface area contributed by atoms with Crippen molar-refractivity contribution in [3.8, 4) is 11.5 Å². The van der Waals surface area contributed by atoms with Crippen LogP contribution >= 0.6 is 0 Å². The lowest BCUT2D eigenvalue weighted by Crippen LogP contribution is -2.11. The fraction of sp³-hybridized carbons (Fsp3) is 0.292. The Morgan fingerprint density at radius 3 is 2.27 bits per heavy atom. The summed E-state index contributed by atoms with van der Waals surface area (Å²) in [6.07, 6.45) is -2.65. The van der Waals surface area contributed by atoms with Gasteiger partial charge in [-0.05, 0) is 49.6 Å². The lowest BCUT2D eigenvalue weighted by Gasteiger charge is -2.17. The predicted octanol–water partition coefficient (Wildman–Crippen LogP) is 6.52. The number of esters is 1. The third-order valence-electron chi connectivity index (χ3n) is 4.56. The van der Waals surface area contributed by atoms with Crippen LogP contribution < -0.4 is 4.74 Å². The summed E-state index contributed by atoms with van der Waals surface area (Å²) in [5.41, 5.74) is 0.441. The first-order valence-corrected chi connectivity index (χ1v) is 9.80. The molecule has 0 fully saturated rings. The number of hydrogen-bond acceptors (Lipinski definition) is 4. The van der Waals surface area contributed by atoms with Crippen LogP contribution in [0.3, 0.4) is 0 Å². The number of benzene rings is 2. The van der Waals surface area contributed by atoms with E-state index in [1.807, 2.05) is 0 Å². The van der Waals surface area contributed by atoms with E-state index in [-0.39, 0.29) is 28.9 Å². The highest BCUT2D eigenvalue weighted by molar-refractivity contribution is 5.98. The molecule has 0 heterocycles. The number of phenolic OH excluding ortho intramolecular Hbond substituents is 1. The molecule has 33 heavy (non-hydrogen) atoms. The SMILES string of the molecule is COC(=O)c1c(/C=C/c2ccc(C(F)(F)F)cc2)cc(OCC(F)F)c(CC=C(C)C)c1O. The predicted molar refractivity (Wildman–Crippen MR) is 114 cm³/mol. The summed E-state index contributed by atoms with van der Waals surface area (Å²) in [5.74, 6) is -1.42. The second kappa shape index (κ2) is 11.0. The van der Waals surface area contributed by atoms with E-state index < -0.39 is 36.5 Å². The second-order valence-electron chi connectivity index (χ2n) is 7.30. The molecule has 0 amide bonds. The highest BCUT2D eigenvalue weighted by atomic mass is 19.4. The van der Waals surface area contributed by atoms with Crippen molar-refractivity contribution in [1.29, 1.82) is 0 Å². The van der Waals surface area contributed by atoms with E-state index in [1.54, 1.807) is 19.9 Å². The first kappa shape index (κ1) is 25.9. The molecule has 0 saturated heterocycles. The number of carbonyl (C=O) groups is 1. The van der Waals surface area contributed by atoms with Crippen LogP contribution in [0, 0.1) is 0 Å². The Balaban J connectivity index is 2.57. The number of phenols is 1. The molecule has 4 nitrogen and oxygen atoms in total. The van der Waals surface area contributed by atoms with E-state index in [9.17, 15) is 31.9 Å². The highest BCUT2D eigenvalue weighted by Gasteiger charge is 2.30. The number of methoxy groups -OCH3 is 1. The average Bonchev–Trinajstić information content (AvgIpc) is 2.74. The molecule has 0 unspecified atom stereocenters. The number of alkyl halides is 5. The van der Waals surface area contributed by atoms with Gasteiger partial charge in [-0.15, -0.1) is 0 Å². The standard InChI is InChI=1S/C24H23F5O4/c1-14(2)4-11-18-19(33-13-20(25)26)12-16(21(22(18)30)23(31)32-3)8-5-15-6-9-17(10-7-15)24(27,28)29/h4-10,12,20,30H,11,13H2,1-3H3/b8-5+. The first-order valence-electron chi connectivity index (χ1n) is 9.80. The maximum absolute atomic E-state index is 12.8. The molecular formula is C24H23F5O4. The molecule has 0 aliphatic rings. The molecule has 0 aromatic heterocycles. The Bertz CT molecular complexity index is 1030. The van der Waals surface area contributed by atoms with Crippen molar-refractivity contribution >= 4 is 18.1 Å². The minimum Gasteiger partial charge on any atom is -0.507 e. The van der Waals surface area contributed by atoms with Crippen LogP contribution in [0.4, 0.5) is 22.0 Å². The Labute approximate surface area is 187 Å². The fourth-order valence-corrected chi connectivity index (χ4v) is 2.91. The van der Waals surface area contributed by atoms with Crippen molar-refractivity contribution in [1.82, 2.24) is 0 Å². The molecule has 0 spiro atoms. The van der Waals surface area contributed by atoms with Gasteiger partial charge in [-0.25, -0.2) is 13.6 Å². The third kappa shape index (κ3) is 7.06. The minimum absolute atomic E-state index is 0.0509. The van der Waals surface area contributed by atoms with Crippen LogP contribution in [0.5, 0.6) is 11.5 Å². The summed E-state index contributed by atoms with van der Waals surface area (Å²) < 4.78 is 73.7. The molecule has 9 heteroatoms. The van der Waals surface area contributed by atoms with Crippen LogP contribution in [0.2, 0.25) is 0 Å². The van der Waals surface area contributed by atoms with Crippen molar-refractivity contribution in [2.24, 2.45) is 0 Å². The van der Waals surface area contributed by atoms with Crippen molar-refractivity contribution in [3.05, 3.63) is 69.8 Å². The third-order valence-corrected chi connectivity index (χ3v) is 4.56. The molecule has 2 aromatic rings. The zero-order valence-corrected chi connectivity index (χ0v) is 18.2. The largest absolute Gasteiger partial charge is 0.507 e. The number of halogens is 5. The summed E-state index contributed by atoms with van der Waals surface area (Å²) in [4.78, 5) is 12.4. The van der Waals surface area contributed by atoms with E-state index in [0.29, 0.717) is 5.56 Å². The van der Waals surface area contributed by atoms with Gasteiger partial charge in [-0.2, -0.15) is 13.2 Å². The van der Waals surface area contributed by atoms with Crippen molar-refractivity contribution in [2.45, 2.75) is 32.9 Å². The lowest BCUT2D eigenvalue weighted by atomic mass is 9.97. The van der Waals surface area contributed by atoms with E-state index in [1.165, 1.54) is 30.4 Å². The van der Waals surface area contributed by atoms with E-state index >= 15 is 0 Å². The molecular weight excluding hydrogens is 447 g/mol. The van der Waals surface area contributed by atoms with Gasteiger partial charge in [0.05, 0.1) is 12.7 Å². The van der Waals surface area contributed by atoms with Gasteiger partial charge in [0.2, 0.25) is 0 Å². The number of ether oxygens (including phenoxy) is 2. The minimum atomic E-state index is -4.48. The van der Waals surface area contributed by atoms with Gasteiger partial charge in [0.1, 0.15) is 23.7 Å². The zero-order valence-electron chi connectivity index (χ0n) is 18.2. The van der Waals surface area contributed by atoms with Gasteiger partial charge in [0, 0.05) is 5.56 Å². The highest BCUT2D eigenvalue weighted by Crippen LogP contribution is 2.37. The molecule has 2 aromatic carbocycles. The summed E-state index contributed by atoms with van der Waals surface area (Å²) in [7, 11) is 1.11. The van der Waals surface area contributed by atoms with Gasteiger partial charge >= 0.3 is 12.1 Å². The van der Waals surface area contributed by atoms with Gasteiger partial charge in [0.25, 0.3) is 6.43 Å². The lowest BCUT2D eigenvalue weighted by molar-refractivity contribution is -0.137. The molecule has 2 rings (SSSR count). The second-order valence-corrected chi connectivity index (χ2v) is 7.30. The number of carbonyl (C=O) groups excluding carboxylic acids is 1. The molecule has 0 saturated carbocycles. The number of aromatic hydroxyl groups is 1. The van der Waals surface area contributed by atoms with Crippen LogP contribution in [-0.2, 0) is 17.3 Å². The molecule has 178 valence electrons. The van der Waals surface area contributed by atoms with E-state index in [2.05, 4.69) is 0 Å². The Hall–Kier alpha value is -3.36. The van der Waals surface area contributed by atoms with Crippen LogP contribution in [0.15, 0.2) is 42.0 Å². The van der Waals surface area contributed by atoms with Gasteiger partial charge < -0.3 is 14.6 Å².